The number of hydrogen-bond acceptors (Lipinski definition) is 2. The number of pyridine rings is 1. The van der Waals surface area contributed by atoms with E-state index in [1.54, 1.807) is 0 Å². The highest BCUT2D eigenvalue weighted by molar-refractivity contribution is 6.33. The van der Waals surface area contributed by atoms with Crippen molar-refractivity contribution in [3.63, 3.8) is 0 Å². The van der Waals surface area contributed by atoms with E-state index in [0.717, 1.165) is 39.9 Å². The Morgan fingerprint density at radius 1 is 1.20 bits per heavy atom. The second-order valence-corrected chi connectivity index (χ2v) is 5.15. The molecule has 0 saturated heterocycles. The van der Waals surface area contributed by atoms with Crippen LogP contribution in [0.1, 0.15) is 18.2 Å². The fraction of sp³-hybridized carbons (Fsp3) is 0.188. The molecule has 20 heavy (non-hydrogen) atoms. The molecule has 0 atom stereocenters. The fourth-order valence-corrected chi connectivity index (χ4v) is 2.60. The molecule has 0 unspecified atom stereocenters. The van der Waals surface area contributed by atoms with Gasteiger partial charge in [0.2, 0.25) is 0 Å². The van der Waals surface area contributed by atoms with Gasteiger partial charge in [0.25, 0.3) is 0 Å². The number of aryl methyl sites for hydroxylation is 2. The van der Waals surface area contributed by atoms with Crippen LogP contribution in [0.25, 0.3) is 5.65 Å². The summed E-state index contributed by atoms with van der Waals surface area (Å²) in [7, 11) is 0. The maximum absolute atomic E-state index is 6.30. The highest BCUT2D eigenvalue weighted by Gasteiger charge is 2.12. The Morgan fingerprint density at radius 3 is 2.80 bits per heavy atom. The summed E-state index contributed by atoms with van der Waals surface area (Å²) in [6.07, 6.45) is 2.88. The maximum Gasteiger partial charge on any atom is 0.138 e. The summed E-state index contributed by atoms with van der Waals surface area (Å²) in [5.41, 5.74) is 4.03. The van der Waals surface area contributed by atoms with Crippen molar-refractivity contribution in [1.29, 1.82) is 0 Å². The zero-order chi connectivity index (χ0) is 14.1. The summed E-state index contributed by atoms with van der Waals surface area (Å²) in [4.78, 5) is 4.64. The number of fused-ring (bicyclic) bond motifs is 1. The van der Waals surface area contributed by atoms with Crippen molar-refractivity contribution in [3.05, 3.63) is 58.9 Å². The van der Waals surface area contributed by atoms with Crippen LogP contribution in [0, 0.1) is 6.92 Å². The van der Waals surface area contributed by atoms with Gasteiger partial charge in [-0.25, -0.2) is 4.98 Å². The van der Waals surface area contributed by atoms with Gasteiger partial charge in [0.15, 0.2) is 0 Å². The van der Waals surface area contributed by atoms with E-state index in [1.807, 2.05) is 49.5 Å². The highest BCUT2D eigenvalue weighted by Crippen LogP contribution is 2.30. The number of aromatic nitrogens is 2. The lowest BCUT2D eigenvalue weighted by Crippen LogP contribution is -2.00. The van der Waals surface area contributed by atoms with E-state index < -0.39 is 0 Å². The molecule has 0 aliphatic rings. The molecule has 0 radical (unpaired) electrons. The smallest absolute Gasteiger partial charge is 0.138 e. The van der Waals surface area contributed by atoms with Crippen molar-refractivity contribution in [2.45, 2.75) is 20.3 Å². The van der Waals surface area contributed by atoms with Crippen molar-refractivity contribution < 1.29 is 0 Å². The Balaban J connectivity index is 2.15. The van der Waals surface area contributed by atoms with E-state index in [-0.39, 0.29) is 0 Å². The molecule has 1 aromatic carbocycles. The number of anilines is 2. The van der Waals surface area contributed by atoms with Crippen LogP contribution in [0.3, 0.4) is 0 Å². The zero-order valence-electron chi connectivity index (χ0n) is 11.5. The third-order valence-electron chi connectivity index (χ3n) is 3.40. The van der Waals surface area contributed by atoms with Crippen LogP contribution in [0.4, 0.5) is 11.5 Å². The van der Waals surface area contributed by atoms with Gasteiger partial charge in [0.1, 0.15) is 11.5 Å². The largest absolute Gasteiger partial charge is 0.338 e. The molecule has 1 N–H and O–H groups in total. The van der Waals surface area contributed by atoms with Gasteiger partial charge >= 0.3 is 0 Å². The van der Waals surface area contributed by atoms with Gasteiger partial charge in [0.05, 0.1) is 16.4 Å². The van der Waals surface area contributed by atoms with Crippen LogP contribution < -0.4 is 5.32 Å². The zero-order valence-corrected chi connectivity index (χ0v) is 12.3. The molecule has 0 spiro atoms. The number of halogens is 1. The van der Waals surface area contributed by atoms with E-state index in [4.69, 9.17) is 11.6 Å². The molecule has 0 fully saturated rings. The second-order valence-electron chi connectivity index (χ2n) is 4.75. The van der Waals surface area contributed by atoms with Crippen LogP contribution in [0.2, 0.25) is 5.02 Å². The first-order valence-corrected chi connectivity index (χ1v) is 7.06. The molecule has 0 saturated carbocycles. The van der Waals surface area contributed by atoms with Gasteiger partial charge in [-0.2, -0.15) is 0 Å². The SMILES string of the molecule is CCc1nc2ccccn2c1Nc1c(C)cccc1Cl. The number of para-hydroxylation sites is 1. The summed E-state index contributed by atoms with van der Waals surface area (Å²) in [6, 6.07) is 11.9. The minimum atomic E-state index is 0.720. The van der Waals surface area contributed by atoms with Crippen molar-refractivity contribution in [1.82, 2.24) is 9.38 Å². The Hall–Kier alpha value is -2.00. The maximum atomic E-state index is 6.30. The summed E-state index contributed by atoms with van der Waals surface area (Å²) in [5, 5.41) is 4.17. The highest BCUT2D eigenvalue weighted by atomic mass is 35.5. The summed E-state index contributed by atoms with van der Waals surface area (Å²) >= 11 is 6.30. The third-order valence-corrected chi connectivity index (χ3v) is 3.72. The number of hydrogen-bond donors (Lipinski definition) is 1. The van der Waals surface area contributed by atoms with Gasteiger partial charge in [-0.05, 0) is 37.1 Å². The van der Waals surface area contributed by atoms with Crippen molar-refractivity contribution in [2.75, 3.05) is 5.32 Å². The fourth-order valence-electron chi connectivity index (χ4n) is 2.33. The first-order valence-electron chi connectivity index (χ1n) is 6.68. The first kappa shape index (κ1) is 13.0. The molecule has 102 valence electrons. The van der Waals surface area contributed by atoms with Crippen LogP contribution in [0.15, 0.2) is 42.6 Å². The predicted molar refractivity (Wildman–Crippen MR) is 84.0 cm³/mol. The number of nitrogens with one attached hydrogen (secondary N) is 1. The van der Waals surface area contributed by atoms with E-state index >= 15 is 0 Å². The molecule has 3 nitrogen and oxygen atoms in total. The van der Waals surface area contributed by atoms with Crippen LogP contribution in [-0.2, 0) is 6.42 Å². The van der Waals surface area contributed by atoms with E-state index in [2.05, 4.69) is 21.6 Å². The predicted octanol–water partition coefficient (Wildman–Crippen LogP) is 4.60. The average molecular weight is 286 g/mol. The topological polar surface area (TPSA) is 29.3 Å². The normalized spacial score (nSPS) is 10.9. The molecular formula is C16H16ClN3. The van der Waals surface area contributed by atoms with Gasteiger partial charge in [-0.1, -0.05) is 36.7 Å². The monoisotopic (exact) mass is 285 g/mol. The van der Waals surface area contributed by atoms with E-state index in [1.165, 1.54) is 0 Å². The van der Waals surface area contributed by atoms with Gasteiger partial charge in [0, 0.05) is 6.20 Å². The third kappa shape index (κ3) is 2.14. The van der Waals surface area contributed by atoms with Gasteiger partial charge in [-0.3, -0.25) is 4.40 Å². The van der Waals surface area contributed by atoms with Crippen molar-refractivity contribution >= 4 is 28.8 Å². The number of benzene rings is 1. The molecule has 3 rings (SSSR count). The number of imidazole rings is 1. The quantitative estimate of drug-likeness (QED) is 0.762. The lowest BCUT2D eigenvalue weighted by atomic mass is 10.2. The molecule has 3 aromatic rings. The van der Waals surface area contributed by atoms with Crippen molar-refractivity contribution in [2.24, 2.45) is 0 Å². The first-order chi connectivity index (χ1) is 9.70. The Morgan fingerprint density at radius 2 is 2.05 bits per heavy atom. The van der Waals surface area contributed by atoms with E-state index in [0.29, 0.717) is 0 Å². The van der Waals surface area contributed by atoms with Gasteiger partial charge in [-0.15, -0.1) is 0 Å². The molecule has 0 aliphatic heterocycles. The molecule has 4 heteroatoms. The average Bonchev–Trinajstić information content (AvgIpc) is 2.81. The lowest BCUT2D eigenvalue weighted by Gasteiger charge is -2.12. The summed E-state index contributed by atoms with van der Waals surface area (Å²) < 4.78 is 2.06. The lowest BCUT2D eigenvalue weighted by molar-refractivity contribution is 1.07. The van der Waals surface area contributed by atoms with Gasteiger partial charge < -0.3 is 5.32 Å². The number of nitrogens with zero attached hydrogens (tertiary/aromatic N) is 2. The van der Waals surface area contributed by atoms with Crippen LogP contribution >= 0.6 is 11.6 Å². The Bertz CT molecular complexity index is 741. The second kappa shape index (κ2) is 5.17. The van der Waals surface area contributed by atoms with E-state index in [9.17, 15) is 0 Å². The van der Waals surface area contributed by atoms with Crippen molar-refractivity contribution in [3.8, 4) is 0 Å². The minimum Gasteiger partial charge on any atom is -0.338 e. The Labute approximate surface area is 123 Å². The molecule has 0 aliphatic carbocycles. The molecule has 0 amide bonds. The summed E-state index contributed by atoms with van der Waals surface area (Å²) in [5.74, 6) is 0.985. The van der Waals surface area contributed by atoms with Crippen LogP contribution in [-0.4, -0.2) is 9.38 Å². The summed E-state index contributed by atoms with van der Waals surface area (Å²) in [6.45, 7) is 4.15. The molecule has 0 bridgehead atoms. The molecular weight excluding hydrogens is 270 g/mol. The minimum absolute atomic E-state index is 0.720. The number of rotatable bonds is 3. The van der Waals surface area contributed by atoms with Crippen LogP contribution in [0.5, 0.6) is 0 Å². The molecule has 2 heterocycles. The molecule has 2 aromatic heterocycles. The Kier molecular flexibility index (Phi) is 3.36. The standard InChI is InChI=1S/C16H16ClN3/c1-3-13-16(20-10-5-4-9-14(20)18-13)19-15-11(2)7-6-8-12(15)17/h4-10,19H,3H2,1-2H3.